The summed E-state index contributed by atoms with van der Waals surface area (Å²) in [5.74, 6) is 0.577. The second-order valence-electron chi connectivity index (χ2n) is 4.18. The minimum absolute atomic E-state index is 0.0113. The van der Waals surface area contributed by atoms with Crippen LogP contribution in [0.3, 0.4) is 0 Å². The van der Waals surface area contributed by atoms with E-state index in [4.69, 9.17) is 16.6 Å². The zero-order valence-electron chi connectivity index (χ0n) is 10.5. The summed E-state index contributed by atoms with van der Waals surface area (Å²) in [5.41, 5.74) is 0.976. The van der Waals surface area contributed by atoms with Gasteiger partial charge < -0.3 is 15.1 Å². The van der Waals surface area contributed by atoms with Crippen LogP contribution in [0.15, 0.2) is 47.1 Å². The van der Waals surface area contributed by atoms with Gasteiger partial charge in [0, 0.05) is 0 Å². The van der Waals surface area contributed by atoms with E-state index < -0.39 is 0 Å². The number of benzene rings is 1. The van der Waals surface area contributed by atoms with E-state index in [0.29, 0.717) is 11.7 Å². The standard InChI is InChI=1S/C14H15FN2OS/c1-10(11-4-6-12(15)7-5-11)17-14(19)16-9-13-3-2-8-18-13/h2-8,10H,9H2,1H3,(H2,16,17,19)/t10-/m1/s1. The predicted molar refractivity (Wildman–Crippen MR) is 76.1 cm³/mol. The van der Waals surface area contributed by atoms with E-state index >= 15 is 0 Å². The molecule has 0 unspecified atom stereocenters. The van der Waals surface area contributed by atoms with Crippen molar-refractivity contribution in [2.45, 2.75) is 19.5 Å². The van der Waals surface area contributed by atoms with Gasteiger partial charge in [-0.1, -0.05) is 12.1 Å². The highest BCUT2D eigenvalue weighted by Gasteiger charge is 2.07. The second kappa shape index (κ2) is 6.33. The van der Waals surface area contributed by atoms with Gasteiger partial charge in [-0.3, -0.25) is 0 Å². The van der Waals surface area contributed by atoms with Gasteiger partial charge in [-0.05, 0) is 49.0 Å². The number of furan rings is 1. The summed E-state index contributed by atoms with van der Waals surface area (Å²) in [5, 5.41) is 6.72. The summed E-state index contributed by atoms with van der Waals surface area (Å²) >= 11 is 5.19. The Balaban J connectivity index is 1.83. The third-order valence-electron chi connectivity index (χ3n) is 2.72. The first-order valence-electron chi connectivity index (χ1n) is 5.97. The highest BCUT2D eigenvalue weighted by atomic mass is 32.1. The number of rotatable bonds is 4. The van der Waals surface area contributed by atoms with Crippen LogP contribution in [-0.2, 0) is 6.54 Å². The minimum atomic E-state index is -0.241. The van der Waals surface area contributed by atoms with Crippen molar-refractivity contribution in [2.75, 3.05) is 0 Å². The van der Waals surface area contributed by atoms with Crippen LogP contribution in [0.1, 0.15) is 24.3 Å². The molecule has 0 aliphatic heterocycles. The fourth-order valence-corrected chi connectivity index (χ4v) is 1.91. The maximum absolute atomic E-state index is 12.8. The fraction of sp³-hybridized carbons (Fsp3) is 0.214. The Hall–Kier alpha value is -1.88. The quantitative estimate of drug-likeness (QED) is 0.843. The van der Waals surface area contributed by atoms with Crippen LogP contribution in [-0.4, -0.2) is 5.11 Å². The summed E-state index contributed by atoms with van der Waals surface area (Å²) in [6.45, 7) is 2.50. The van der Waals surface area contributed by atoms with Crippen LogP contribution >= 0.6 is 12.2 Å². The molecule has 2 N–H and O–H groups in total. The first-order chi connectivity index (χ1) is 9.15. The summed E-state index contributed by atoms with van der Waals surface area (Å²) < 4.78 is 18.0. The van der Waals surface area contributed by atoms with Gasteiger partial charge in [-0.2, -0.15) is 0 Å². The van der Waals surface area contributed by atoms with Crippen LogP contribution in [0, 0.1) is 5.82 Å². The lowest BCUT2D eigenvalue weighted by Crippen LogP contribution is -2.36. The fourth-order valence-electron chi connectivity index (χ4n) is 1.66. The predicted octanol–water partition coefficient (Wildman–Crippen LogP) is 3.14. The third kappa shape index (κ3) is 4.06. The molecule has 1 aromatic carbocycles. The van der Waals surface area contributed by atoms with Crippen molar-refractivity contribution in [3.8, 4) is 0 Å². The summed E-state index contributed by atoms with van der Waals surface area (Å²) in [6.07, 6.45) is 1.62. The van der Waals surface area contributed by atoms with E-state index in [0.717, 1.165) is 11.3 Å². The first kappa shape index (κ1) is 13.5. The molecular weight excluding hydrogens is 263 g/mol. The summed E-state index contributed by atoms with van der Waals surface area (Å²) in [7, 11) is 0. The molecule has 3 nitrogen and oxygen atoms in total. The van der Waals surface area contributed by atoms with Gasteiger partial charge in [0.25, 0.3) is 0 Å². The van der Waals surface area contributed by atoms with Crippen molar-refractivity contribution >= 4 is 17.3 Å². The molecule has 0 saturated carbocycles. The molecule has 19 heavy (non-hydrogen) atoms. The molecule has 1 aromatic heterocycles. The average Bonchev–Trinajstić information content (AvgIpc) is 2.90. The van der Waals surface area contributed by atoms with Crippen LogP contribution in [0.2, 0.25) is 0 Å². The van der Waals surface area contributed by atoms with Gasteiger partial charge in [-0.15, -0.1) is 0 Å². The molecule has 0 fully saturated rings. The zero-order valence-corrected chi connectivity index (χ0v) is 11.3. The van der Waals surface area contributed by atoms with E-state index in [1.807, 2.05) is 19.1 Å². The molecule has 2 rings (SSSR count). The molecule has 0 aliphatic rings. The molecule has 2 aromatic rings. The Bertz CT molecular complexity index is 525. The lowest BCUT2D eigenvalue weighted by molar-refractivity contribution is 0.501. The highest BCUT2D eigenvalue weighted by molar-refractivity contribution is 7.80. The Morgan fingerprint density at radius 1 is 1.32 bits per heavy atom. The van der Waals surface area contributed by atoms with Gasteiger partial charge in [0.05, 0.1) is 18.8 Å². The third-order valence-corrected chi connectivity index (χ3v) is 2.98. The minimum Gasteiger partial charge on any atom is -0.467 e. The van der Waals surface area contributed by atoms with Gasteiger partial charge in [0.2, 0.25) is 0 Å². The van der Waals surface area contributed by atoms with Crippen molar-refractivity contribution < 1.29 is 8.81 Å². The monoisotopic (exact) mass is 278 g/mol. The van der Waals surface area contributed by atoms with E-state index in [2.05, 4.69) is 10.6 Å². The molecule has 1 heterocycles. The second-order valence-corrected chi connectivity index (χ2v) is 4.59. The molecule has 0 radical (unpaired) electrons. The molecule has 1 atom stereocenters. The lowest BCUT2D eigenvalue weighted by atomic mass is 10.1. The van der Waals surface area contributed by atoms with Crippen LogP contribution in [0.4, 0.5) is 4.39 Å². The number of halogens is 1. The number of hydrogen-bond donors (Lipinski definition) is 2. The Kier molecular flexibility index (Phi) is 4.52. The van der Waals surface area contributed by atoms with Gasteiger partial charge in [-0.25, -0.2) is 4.39 Å². The lowest BCUT2D eigenvalue weighted by Gasteiger charge is -2.17. The van der Waals surface area contributed by atoms with Crippen molar-refractivity contribution in [1.29, 1.82) is 0 Å². The Labute approximate surface area is 116 Å². The first-order valence-corrected chi connectivity index (χ1v) is 6.38. The maximum Gasteiger partial charge on any atom is 0.167 e. The molecule has 0 aliphatic carbocycles. The molecule has 100 valence electrons. The van der Waals surface area contributed by atoms with Gasteiger partial charge >= 0.3 is 0 Å². The largest absolute Gasteiger partial charge is 0.467 e. The van der Waals surface area contributed by atoms with Crippen LogP contribution < -0.4 is 10.6 Å². The highest BCUT2D eigenvalue weighted by Crippen LogP contribution is 2.12. The van der Waals surface area contributed by atoms with Crippen LogP contribution in [0.25, 0.3) is 0 Å². The van der Waals surface area contributed by atoms with Crippen molar-refractivity contribution in [3.63, 3.8) is 0 Å². The van der Waals surface area contributed by atoms with Crippen LogP contribution in [0.5, 0.6) is 0 Å². The van der Waals surface area contributed by atoms with E-state index in [1.165, 1.54) is 12.1 Å². The zero-order chi connectivity index (χ0) is 13.7. The molecule has 5 heteroatoms. The Morgan fingerprint density at radius 2 is 2.05 bits per heavy atom. The van der Waals surface area contributed by atoms with Crippen molar-refractivity contribution in [3.05, 3.63) is 59.8 Å². The summed E-state index contributed by atoms with van der Waals surface area (Å²) in [4.78, 5) is 0. The smallest absolute Gasteiger partial charge is 0.167 e. The normalized spacial score (nSPS) is 11.9. The molecule has 0 amide bonds. The topological polar surface area (TPSA) is 37.2 Å². The van der Waals surface area contributed by atoms with E-state index in [1.54, 1.807) is 18.4 Å². The van der Waals surface area contributed by atoms with Gasteiger partial charge in [0.15, 0.2) is 5.11 Å². The maximum atomic E-state index is 12.8. The Morgan fingerprint density at radius 3 is 2.68 bits per heavy atom. The molecule has 0 bridgehead atoms. The number of thiocarbonyl (C=S) groups is 1. The van der Waals surface area contributed by atoms with Crippen molar-refractivity contribution in [2.24, 2.45) is 0 Å². The number of nitrogens with one attached hydrogen (secondary N) is 2. The number of hydrogen-bond acceptors (Lipinski definition) is 2. The van der Waals surface area contributed by atoms with E-state index in [-0.39, 0.29) is 11.9 Å². The SMILES string of the molecule is C[C@@H](NC(=S)NCc1ccco1)c1ccc(F)cc1. The molecule has 0 spiro atoms. The summed E-state index contributed by atoms with van der Waals surface area (Å²) in [6, 6.07) is 10.1. The molecule has 0 saturated heterocycles. The average molecular weight is 278 g/mol. The molecular formula is C14H15FN2OS. The van der Waals surface area contributed by atoms with Crippen molar-refractivity contribution in [1.82, 2.24) is 10.6 Å². The van der Waals surface area contributed by atoms with Gasteiger partial charge in [0.1, 0.15) is 11.6 Å². The van der Waals surface area contributed by atoms with E-state index in [9.17, 15) is 4.39 Å².